The second kappa shape index (κ2) is 6.07. The monoisotopic (exact) mass is 339 g/mol. The Labute approximate surface area is 125 Å². The van der Waals surface area contributed by atoms with E-state index in [1.807, 2.05) is 12.3 Å². The molecule has 2 aromatic heterocycles. The van der Waals surface area contributed by atoms with E-state index in [-0.39, 0.29) is 6.61 Å². The maximum absolute atomic E-state index is 9.29. The topological polar surface area (TPSA) is 65.7 Å². The lowest BCUT2D eigenvalue weighted by atomic mass is 10.2. The van der Waals surface area contributed by atoms with Gasteiger partial charge in [-0.15, -0.1) is 0 Å². The molecule has 0 amide bonds. The SMILES string of the molecule is OC[C@@H]1CCCN1CCNc1ccn2ncc(Br)c2n1. The fourth-order valence-corrected chi connectivity index (χ4v) is 3.03. The van der Waals surface area contributed by atoms with Crippen molar-refractivity contribution in [2.45, 2.75) is 18.9 Å². The van der Waals surface area contributed by atoms with Crippen molar-refractivity contribution >= 4 is 27.4 Å². The Kier molecular flexibility index (Phi) is 4.18. The molecular weight excluding hydrogens is 322 g/mol. The third-order valence-corrected chi connectivity index (χ3v) is 4.30. The van der Waals surface area contributed by atoms with Crippen molar-refractivity contribution in [1.82, 2.24) is 19.5 Å². The molecule has 7 heteroatoms. The van der Waals surface area contributed by atoms with Gasteiger partial charge in [0.15, 0.2) is 5.65 Å². The van der Waals surface area contributed by atoms with Gasteiger partial charge in [-0.25, -0.2) is 9.50 Å². The standard InChI is InChI=1S/C13H18BrN5O/c14-11-8-16-19-6-3-12(17-13(11)19)15-4-7-18-5-1-2-10(18)9-20/h3,6,8,10,20H,1-2,4-5,7,9H2,(H,15,17)/t10-/m0/s1. The molecule has 0 aliphatic carbocycles. The molecule has 6 nitrogen and oxygen atoms in total. The Bertz CT molecular complexity index is 587. The quantitative estimate of drug-likeness (QED) is 0.861. The minimum atomic E-state index is 0.257. The molecule has 2 N–H and O–H groups in total. The van der Waals surface area contributed by atoms with E-state index in [1.165, 1.54) is 6.42 Å². The lowest BCUT2D eigenvalue weighted by Crippen LogP contribution is -2.35. The Morgan fingerprint density at radius 3 is 3.25 bits per heavy atom. The second-order valence-corrected chi connectivity index (χ2v) is 5.87. The number of hydrogen-bond donors (Lipinski definition) is 2. The first-order chi connectivity index (χ1) is 9.78. The summed E-state index contributed by atoms with van der Waals surface area (Å²) >= 11 is 3.43. The molecule has 0 unspecified atom stereocenters. The Morgan fingerprint density at radius 2 is 2.40 bits per heavy atom. The van der Waals surface area contributed by atoms with Crippen LogP contribution in [0.25, 0.3) is 5.65 Å². The number of anilines is 1. The number of rotatable bonds is 5. The minimum absolute atomic E-state index is 0.257. The van der Waals surface area contributed by atoms with Crippen molar-refractivity contribution in [3.05, 3.63) is 22.9 Å². The van der Waals surface area contributed by atoms with Crippen molar-refractivity contribution < 1.29 is 5.11 Å². The zero-order valence-corrected chi connectivity index (χ0v) is 12.8. The van der Waals surface area contributed by atoms with E-state index in [0.29, 0.717) is 6.04 Å². The number of fused-ring (bicyclic) bond motifs is 1. The van der Waals surface area contributed by atoms with Gasteiger partial charge >= 0.3 is 0 Å². The first-order valence-corrected chi connectivity index (χ1v) is 7.66. The lowest BCUT2D eigenvalue weighted by molar-refractivity contribution is 0.163. The summed E-state index contributed by atoms with van der Waals surface area (Å²) in [5, 5.41) is 16.8. The van der Waals surface area contributed by atoms with E-state index in [4.69, 9.17) is 0 Å². The van der Waals surface area contributed by atoms with Crippen molar-refractivity contribution in [3.8, 4) is 0 Å². The fraction of sp³-hybridized carbons (Fsp3) is 0.538. The van der Waals surface area contributed by atoms with Crippen molar-refractivity contribution in [1.29, 1.82) is 0 Å². The first-order valence-electron chi connectivity index (χ1n) is 6.86. The third-order valence-electron chi connectivity index (χ3n) is 3.74. The molecule has 2 aromatic rings. The molecule has 0 saturated carbocycles. The Balaban J connectivity index is 1.58. The van der Waals surface area contributed by atoms with E-state index in [0.717, 1.165) is 42.0 Å². The minimum Gasteiger partial charge on any atom is -0.395 e. The molecule has 108 valence electrons. The second-order valence-electron chi connectivity index (χ2n) is 5.01. The van der Waals surface area contributed by atoms with Gasteiger partial charge in [-0.1, -0.05) is 0 Å². The van der Waals surface area contributed by atoms with Gasteiger partial charge in [0.2, 0.25) is 0 Å². The van der Waals surface area contributed by atoms with Gasteiger partial charge in [-0.2, -0.15) is 5.10 Å². The summed E-state index contributed by atoms with van der Waals surface area (Å²) in [6.07, 6.45) is 5.91. The van der Waals surface area contributed by atoms with Crippen LogP contribution in [0.5, 0.6) is 0 Å². The highest BCUT2D eigenvalue weighted by molar-refractivity contribution is 9.10. The molecule has 20 heavy (non-hydrogen) atoms. The molecule has 3 rings (SSSR count). The average Bonchev–Trinajstić information content (AvgIpc) is 3.06. The summed E-state index contributed by atoms with van der Waals surface area (Å²) in [4.78, 5) is 6.85. The van der Waals surface area contributed by atoms with Gasteiger partial charge < -0.3 is 10.4 Å². The summed E-state index contributed by atoms with van der Waals surface area (Å²) in [5.74, 6) is 0.846. The smallest absolute Gasteiger partial charge is 0.171 e. The van der Waals surface area contributed by atoms with E-state index < -0.39 is 0 Å². The first kappa shape index (κ1) is 13.8. The number of aromatic nitrogens is 3. The summed E-state index contributed by atoms with van der Waals surface area (Å²) < 4.78 is 2.62. The van der Waals surface area contributed by atoms with Gasteiger partial charge in [0.25, 0.3) is 0 Å². The van der Waals surface area contributed by atoms with Gasteiger partial charge in [-0.3, -0.25) is 4.90 Å². The molecule has 0 aromatic carbocycles. The van der Waals surface area contributed by atoms with Gasteiger partial charge in [-0.05, 0) is 41.4 Å². The predicted octanol–water partition coefficient (Wildman–Crippen LogP) is 1.36. The van der Waals surface area contributed by atoms with Gasteiger partial charge in [0.1, 0.15) is 5.82 Å². The molecule has 1 fully saturated rings. The zero-order valence-electron chi connectivity index (χ0n) is 11.2. The molecule has 0 spiro atoms. The van der Waals surface area contributed by atoms with E-state index in [9.17, 15) is 5.11 Å². The number of nitrogens with zero attached hydrogens (tertiary/aromatic N) is 4. The van der Waals surface area contributed by atoms with Crippen LogP contribution in [0.2, 0.25) is 0 Å². The van der Waals surface area contributed by atoms with Crippen LogP contribution in [0.1, 0.15) is 12.8 Å². The fourth-order valence-electron chi connectivity index (χ4n) is 2.66. The van der Waals surface area contributed by atoms with Crippen LogP contribution in [0, 0.1) is 0 Å². The molecule has 0 bridgehead atoms. The van der Waals surface area contributed by atoms with Crippen LogP contribution in [-0.2, 0) is 0 Å². The van der Waals surface area contributed by atoms with Crippen LogP contribution < -0.4 is 5.32 Å². The van der Waals surface area contributed by atoms with Crippen LogP contribution in [0.3, 0.4) is 0 Å². The van der Waals surface area contributed by atoms with Crippen LogP contribution in [-0.4, -0.2) is 56.9 Å². The van der Waals surface area contributed by atoms with Crippen LogP contribution in [0.15, 0.2) is 22.9 Å². The highest BCUT2D eigenvalue weighted by Crippen LogP contribution is 2.18. The average molecular weight is 340 g/mol. The number of aliphatic hydroxyl groups excluding tert-OH is 1. The highest BCUT2D eigenvalue weighted by atomic mass is 79.9. The molecular formula is C13H18BrN5O. The van der Waals surface area contributed by atoms with Gasteiger partial charge in [0, 0.05) is 25.3 Å². The Hall–Kier alpha value is -1.18. The molecule has 1 atom stereocenters. The molecule has 0 radical (unpaired) electrons. The van der Waals surface area contributed by atoms with E-state index in [2.05, 4.69) is 36.2 Å². The molecule has 1 saturated heterocycles. The largest absolute Gasteiger partial charge is 0.395 e. The zero-order chi connectivity index (χ0) is 13.9. The normalized spacial score (nSPS) is 19.8. The third kappa shape index (κ3) is 2.79. The van der Waals surface area contributed by atoms with Crippen LogP contribution >= 0.6 is 15.9 Å². The summed E-state index contributed by atoms with van der Waals surface area (Å²) in [6, 6.07) is 2.25. The summed E-state index contributed by atoms with van der Waals surface area (Å²) in [5.41, 5.74) is 0.810. The highest BCUT2D eigenvalue weighted by Gasteiger charge is 2.22. The van der Waals surface area contributed by atoms with Crippen LogP contribution in [0.4, 0.5) is 5.82 Å². The van der Waals surface area contributed by atoms with E-state index >= 15 is 0 Å². The van der Waals surface area contributed by atoms with Gasteiger partial charge in [0.05, 0.1) is 17.3 Å². The Morgan fingerprint density at radius 1 is 1.50 bits per heavy atom. The van der Waals surface area contributed by atoms with Crippen molar-refractivity contribution in [2.75, 3.05) is 31.6 Å². The number of nitrogens with one attached hydrogen (secondary N) is 1. The van der Waals surface area contributed by atoms with E-state index in [1.54, 1.807) is 10.7 Å². The molecule has 1 aliphatic rings. The summed E-state index contributed by atoms with van der Waals surface area (Å²) in [6.45, 7) is 3.09. The predicted molar refractivity (Wildman–Crippen MR) is 80.9 cm³/mol. The maximum Gasteiger partial charge on any atom is 0.171 e. The molecule has 3 heterocycles. The number of aliphatic hydroxyl groups is 1. The number of likely N-dealkylation sites (tertiary alicyclic amines) is 1. The summed E-state index contributed by atoms with van der Waals surface area (Å²) in [7, 11) is 0. The maximum atomic E-state index is 9.29. The molecule has 1 aliphatic heterocycles. The van der Waals surface area contributed by atoms with Crippen molar-refractivity contribution in [2.24, 2.45) is 0 Å². The number of hydrogen-bond acceptors (Lipinski definition) is 5. The number of halogens is 1. The lowest BCUT2D eigenvalue weighted by Gasteiger charge is -2.22. The van der Waals surface area contributed by atoms with Crippen molar-refractivity contribution in [3.63, 3.8) is 0 Å².